The summed E-state index contributed by atoms with van der Waals surface area (Å²) in [6.45, 7) is 2.36. The Hall–Kier alpha value is -3.44. The van der Waals surface area contributed by atoms with Crippen molar-refractivity contribution in [3.8, 4) is 0 Å². The summed E-state index contributed by atoms with van der Waals surface area (Å²) in [5.74, 6) is -4.53. The maximum atomic E-state index is 14.4. The Labute approximate surface area is 251 Å². The zero-order chi connectivity index (χ0) is 32.4. The fraction of sp³-hybridized carbons (Fsp3) is 0.444. The Balaban J connectivity index is 1.33. The zero-order valence-electron chi connectivity index (χ0n) is 23.5. The van der Waals surface area contributed by atoms with Crippen LogP contribution in [-0.2, 0) is 43.8 Å². The van der Waals surface area contributed by atoms with E-state index in [0.29, 0.717) is 54.9 Å². The molecule has 10 nitrogen and oxygen atoms in total. The molecular weight excluding hydrogens is 633 g/mol. The Bertz CT molecular complexity index is 1750. The van der Waals surface area contributed by atoms with Crippen molar-refractivity contribution >= 4 is 25.8 Å². The molecule has 1 saturated heterocycles. The van der Waals surface area contributed by atoms with Crippen molar-refractivity contribution in [2.75, 3.05) is 18.8 Å². The fourth-order valence-electron chi connectivity index (χ4n) is 5.08. The number of likely N-dealkylation sites (tertiary alicyclic amines) is 1. The lowest BCUT2D eigenvalue weighted by molar-refractivity contribution is -0.137. The van der Waals surface area contributed by atoms with Crippen LogP contribution in [0.15, 0.2) is 46.3 Å². The van der Waals surface area contributed by atoms with Gasteiger partial charge in [0.05, 0.1) is 29.8 Å². The first-order valence-electron chi connectivity index (χ1n) is 13.5. The quantitative estimate of drug-likeness (QED) is 0.326. The van der Waals surface area contributed by atoms with Gasteiger partial charge in [-0.15, -0.1) is 0 Å². The Morgan fingerprint density at radius 3 is 2.23 bits per heavy atom. The first-order chi connectivity index (χ1) is 20.5. The molecule has 240 valence electrons. The molecule has 44 heavy (non-hydrogen) atoms. The molecule has 1 aromatic heterocycles. The molecule has 0 unspecified atom stereocenters. The third-order valence-electron chi connectivity index (χ3n) is 7.52. The average Bonchev–Trinajstić information content (AvgIpc) is 3.35. The summed E-state index contributed by atoms with van der Waals surface area (Å²) in [4.78, 5) is 13.7. The first kappa shape index (κ1) is 33.5. The van der Waals surface area contributed by atoms with Crippen LogP contribution in [0.3, 0.4) is 0 Å². The number of sulfonamides is 1. The van der Waals surface area contributed by atoms with Crippen LogP contribution in [0.1, 0.15) is 48.1 Å². The molecule has 0 aliphatic carbocycles. The number of rotatable bonds is 10. The predicted molar refractivity (Wildman–Crippen MR) is 147 cm³/mol. The summed E-state index contributed by atoms with van der Waals surface area (Å²) in [6, 6.07) is 4.63. The maximum Gasteiger partial charge on any atom is 0.416 e. The van der Waals surface area contributed by atoms with Gasteiger partial charge in [0.1, 0.15) is 9.79 Å². The molecule has 0 radical (unpaired) electrons. The van der Waals surface area contributed by atoms with E-state index in [2.05, 4.69) is 10.2 Å². The van der Waals surface area contributed by atoms with E-state index in [4.69, 9.17) is 5.14 Å². The van der Waals surface area contributed by atoms with E-state index in [1.54, 1.807) is 11.8 Å². The number of aromatic nitrogens is 3. The molecule has 1 fully saturated rings. The number of amides is 1. The second kappa shape index (κ2) is 12.9. The first-order valence-corrected chi connectivity index (χ1v) is 16.7. The topological polar surface area (TPSA) is 145 Å². The maximum absolute atomic E-state index is 14.4. The number of primary sulfonamides is 1. The SMILES string of the molecule is Cc1cnn(Cc2cc(C(F)(F)F)ccc2CCC(=O)N2CCC(CCS(=O)(=O)c3ccc(S(N)(=O)=O)c(F)c3F)CC2)n1. The molecule has 0 spiro atoms. The highest BCUT2D eigenvalue weighted by Gasteiger charge is 2.32. The van der Waals surface area contributed by atoms with Crippen LogP contribution in [-0.4, -0.2) is 61.5 Å². The zero-order valence-corrected chi connectivity index (χ0v) is 25.2. The number of carbonyl (C=O) groups is 1. The smallest absolute Gasteiger partial charge is 0.343 e. The highest BCUT2D eigenvalue weighted by atomic mass is 32.2. The van der Waals surface area contributed by atoms with Gasteiger partial charge in [-0.3, -0.25) is 4.79 Å². The summed E-state index contributed by atoms with van der Waals surface area (Å²) in [7, 11) is -8.88. The minimum atomic E-state index is -4.59. The monoisotopic (exact) mass is 663 g/mol. The number of hydrogen-bond acceptors (Lipinski definition) is 7. The molecule has 0 bridgehead atoms. The van der Waals surface area contributed by atoms with Gasteiger partial charge < -0.3 is 4.90 Å². The molecule has 2 N–H and O–H groups in total. The van der Waals surface area contributed by atoms with Crippen LogP contribution >= 0.6 is 0 Å². The van der Waals surface area contributed by atoms with E-state index in [1.165, 1.54) is 17.1 Å². The van der Waals surface area contributed by atoms with Gasteiger partial charge in [-0.05, 0) is 73.9 Å². The van der Waals surface area contributed by atoms with E-state index < -0.39 is 58.8 Å². The van der Waals surface area contributed by atoms with E-state index in [1.807, 2.05) is 0 Å². The summed E-state index contributed by atoms with van der Waals surface area (Å²) in [5.41, 5.74) is 0.694. The van der Waals surface area contributed by atoms with Crippen molar-refractivity contribution in [2.24, 2.45) is 11.1 Å². The van der Waals surface area contributed by atoms with Gasteiger partial charge in [-0.25, -0.2) is 30.8 Å². The minimum Gasteiger partial charge on any atom is -0.343 e. The van der Waals surface area contributed by atoms with E-state index in [0.717, 1.165) is 12.1 Å². The van der Waals surface area contributed by atoms with Crippen molar-refractivity contribution in [1.82, 2.24) is 19.9 Å². The number of sulfone groups is 1. The van der Waals surface area contributed by atoms with E-state index >= 15 is 0 Å². The van der Waals surface area contributed by atoms with Crippen LogP contribution in [0, 0.1) is 24.5 Å². The third-order valence-corrected chi connectivity index (χ3v) is 10.2. The van der Waals surface area contributed by atoms with Crippen molar-refractivity contribution in [3.63, 3.8) is 0 Å². The highest BCUT2D eigenvalue weighted by molar-refractivity contribution is 7.91. The number of nitrogens with zero attached hydrogens (tertiary/aromatic N) is 4. The number of halogens is 5. The molecule has 4 rings (SSSR count). The minimum absolute atomic E-state index is 0.00237. The second-order valence-electron chi connectivity index (χ2n) is 10.7. The Morgan fingerprint density at radius 1 is 1.00 bits per heavy atom. The van der Waals surface area contributed by atoms with Gasteiger partial charge in [0.2, 0.25) is 15.9 Å². The third kappa shape index (κ3) is 7.98. The van der Waals surface area contributed by atoms with Gasteiger partial charge in [0.15, 0.2) is 21.5 Å². The number of nitrogens with two attached hydrogens (primary N) is 1. The molecule has 2 aromatic carbocycles. The number of piperidine rings is 1. The Morgan fingerprint density at radius 2 is 1.64 bits per heavy atom. The lowest BCUT2D eigenvalue weighted by Gasteiger charge is -2.32. The summed E-state index contributed by atoms with van der Waals surface area (Å²) < 4.78 is 117. The molecule has 1 amide bonds. The van der Waals surface area contributed by atoms with Gasteiger partial charge >= 0.3 is 6.18 Å². The summed E-state index contributed by atoms with van der Waals surface area (Å²) in [5, 5.41) is 13.0. The molecule has 17 heteroatoms. The Kier molecular flexibility index (Phi) is 9.80. The molecule has 0 atom stereocenters. The van der Waals surface area contributed by atoms with Gasteiger partial charge in [0.25, 0.3) is 0 Å². The number of hydrogen-bond donors (Lipinski definition) is 1. The van der Waals surface area contributed by atoms with Crippen molar-refractivity contribution < 1.29 is 43.6 Å². The van der Waals surface area contributed by atoms with E-state index in [-0.39, 0.29) is 37.6 Å². The van der Waals surface area contributed by atoms with E-state index in [9.17, 15) is 43.6 Å². The lowest BCUT2D eigenvalue weighted by atomic mass is 9.94. The predicted octanol–water partition coefficient (Wildman–Crippen LogP) is 3.61. The van der Waals surface area contributed by atoms with Crippen molar-refractivity contribution in [3.05, 3.63) is 70.5 Å². The van der Waals surface area contributed by atoms with Gasteiger partial charge in [-0.1, -0.05) is 6.07 Å². The number of aryl methyl sites for hydroxylation is 2. The highest BCUT2D eigenvalue weighted by Crippen LogP contribution is 2.32. The largest absolute Gasteiger partial charge is 0.416 e. The second-order valence-corrected chi connectivity index (χ2v) is 14.3. The number of benzene rings is 2. The molecule has 1 aliphatic rings. The standard InChI is InChI=1S/C27H30F5N5O5S2/c1-17-15-34-37(35-17)16-20-14-21(27(30,31)32)4-2-19(20)3-7-24(38)36-11-8-18(9-12-36)10-13-43(39,40)22-5-6-23(44(33,41)42)26(29)25(22)28/h2,4-6,14-15,18H,3,7-13,16H2,1H3,(H2,33,41,42). The average molecular weight is 664 g/mol. The molecule has 0 saturated carbocycles. The summed E-state index contributed by atoms with van der Waals surface area (Å²) in [6.07, 6.45) is -1.79. The van der Waals surface area contributed by atoms with Crippen LogP contribution < -0.4 is 5.14 Å². The lowest BCUT2D eigenvalue weighted by Crippen LogP contribution is -2.39. The number of alkyl halides is 3. The van der Waals surface area contributed by atoms with Crippen molar-refractivity contribution in [2.45, 2.75) is 61.5 Å². The van der Waals surface area contributed by atoms with Gasteiger partial charge in [0, 0.05) is 19.5 Å². The van der Waals surface area contributed by atoms with Crippen LogP contribution in [0.5, 0.6) is 0 Å². The fourth-order valence-corrected chi connectivity index (χ4v) is 7.18. The molecule has 3 aromatic rings. The molecule has 1 aliphatic heterocycles. The van der Waals surface area contributed by atoms with Gasteiger partial charge in [-0.2, -0.15) is 28.2 Å². The van der Waals surface area contributed by atoms with Crippen molar-refractivity contribution in [1.29, 1.82) is 0 Å². The summed E-state index contributed by atoms with van der Waals surface area (Å²) >= 11 is 0. The van der Waals surface area contributed by atoms with Crippen LogP contribution in [0.2, 0.25) is 0 Å². The molecule has 2 heterocycles. The van der Waals surface area contributed by atoms with Crippen LogP contribution in [0.25, 0.3) is 0 Å². The normalized spacial score (nSPS) is 15.1. The number of carbonyl (C=O) groups excluding carboxylic acids is 1. The molecular formula is C27H30F5N5O5S2. The van der Waals surface area contributed by atoms with Crippen LogP contribution in [0.4, 0.5) is 22.0 Å².